The van der Waals surface area contributed by atoms with E-state index in [0.717, 1.165) is 13.1 Å². The number of rotatable bonds is 3. The Morgan fingerprint density at radius 3 is 2.36 bits per heavy atom. The van der Waals surface area contributed by atoms with Crippen LogP contribution < -0.4 is 0 Å². The molecule has 1 aliphatic rings. The van der Waals surface area contributed by atoms with Gasteiger partial charge in [0.1, 0.15) is 0 Å². The van der Waals surface area contributed by atoms with E-state index in [2.05, 4.69) is 17.5 Å². The molecule has 0 spiro atoms. The Morgan fingerprint density at radius 1 is 1.36 bits per heavy atom. The lowest BCUT2D eigenvalue weighted by Crippen LogP contribution is -2.49. The van der Waals surface area contributed by atoms with Crippen LogP contribution in [0.3, 0.4) is 0 Å². The van der Waals surface area contributed by atoms with Crippen molar-refractivity contribution in [1.82, 2.24) is 9.80 Å². The van der Waals surface area contributed by atoms with E-state index in [0.29, 0.717) is 19.6 Å². The molecule has 0 saturated carbocycles. The molecule has 1 amide bonds. The number of hydrogen-bond acceptors (Lipinski definition) is 4. The number of nitrogens with zero attached hydrogens (tertiary/aromatic N) is 2. The molecule has 0 aliphatic carbocycles. The maximum absolute atomic E-state index is 10.6. The molecule has 0 aromatic carbocycles. The summed E-state index contributed by atoms with van der Waals surface area (Å²) in [5.74, 6) is 0. The van der Waals surface area contributed by atoms with Crippen LogP contribution in [-0.4, -0.2) is 70.7 Å². The molecule has 2 N–H and O–H groups in total. The molecular weight excluding hydrogens is 204 g/mol. The number of carboxylic acid groups (broad SMARTS) is 1. The Balaban J connectivity index is 2.25. The van der Waals surface area contributed by atoms with Crippen LogP contribution in [0, 0.1) is 0 Å². The first kappa shape index (κ1) is 11.6. The minimum Gasteiger partial charge on any atom is -0.465 e. The molecule has 0 bridgehead atoms. The van der Waals surface area contributed by atoms with Crippen LogP contribution in [0.4, 0.5) is 4.79 Å². The van der Waals surface area contributed by atoms with Crippen LogP contribution >= 0.6 is 12.6 Å². The summed E-state index contributed by atoms with van der Waals surface area (Å²) >= 11 is 4.18. The highest BCUT2D eigenvalue weighted by Crippen LogP contribution is 2.05. The molecule has 0 radical (unpaired) electrons. The topological polar surface area (TPSA) is 64.0 Å². The van der Waals surface area contributed by atoms with E-state index in [1.807, 2.05) is 0 Å². The van der Waals surface area contributed by atoms with Crippen LogP contribution in [0.2, 0.25) is 0 Å². The third-order valence-corrected chi connectivity index (χ3v) is 2.65. The minimum absolute atomic E-state index is 0.0358. The molecule has 1 atom stereocenters. The quantitative estimate of drug-likeness (QED) is 0.565. The summed E-state index contributed by atoms with van der Waals surface area (Å²) in [5, 5.41) is 17.5. The smallest absolute Gasteiger partial charge is 0.407 e. The minimum atomic E-state index is -0.853. The average Bonchev–Trinajstić information content (AvgIpc) is 2.18. The van der Waals surface area contributed by atoms with Gasteiger partial charge in [0, 0.05) is 38.0 Å². The SMILES string of the molecule is O=C(O)N1CCN(CC(S)CO)CC1. The molecular formula is C8H16N2O3S. The lowest BCUT2D eigenvalue weighted by Gasteiger charge is -2.33. The molecule has 1 aliphatic heterocycles. The highest BCUT2D eigenvalue weighted by atomic mass is 32.1. The normalized spacial score (nSPS) is 20.9. The monoisotopic (exact) mass is 220 g/mol. The van der Waals surface area contributed by atoms with Crippen molar-refractivity contribution in [3.05, 3.63) is 0 Å². The van der Waals surface area contributed by atoms with Crippen LogP contribution in [0.25, 0.3) is 0 Å². The number of thiol groups is 1. The fraction of sp³-hybridized carbons (Fsp3) is 0.875. The Bertz CT molecular complexity index is 195. The van der Waals surface area contributed by atoms with Gasteiger partial charge in [-0.25, -0.2) is 4.79 Å². The van der Waals surface area contributed by atoms with Crippen molar-refractivity contribution >= 4 is 18.7 Å². The van der Waals surface area contributed by atoms with Crippen LogP contribution in [-0.2, 0) is 0 Å². The van der Waals surface area contributed by atoms with Crippen LogP contribution in [0.5, 0.6) is 0 Å². The van der Waals surface area contributed by atoms with Gasteiger partial charge in [0.25, 0.3) is 0 Å². The molecule has 82 valence electrons. The Morgan fingerprint density at radius 2 is 1.93 bits per heavy atom. The Kier molecular flexibility index (Phi) is 4.50. The maximum atomic E-state index is 10.6. The summed E-state index contributed by atoms with van der Waals surface area (Å²) in [6, 6.07) is 0. The van der Waals surface area contributed by atoms with Crippen molar-refractivity contribution in [2.24, 2.45) is 0 Å². The van der Waals surface area contributed by atoms with E-state index in [1.165, 1.54) is 4.90 Å². The van der Waals surface area contributed by atoms with Crippen LogP contribution in [0.15, 0.2) is 0 Å². The first-order valence-corrected chi connectivity index (χ1v) is 5.14. The molecule has 5 nitrogen and oxygen atoms in total. The van der Waals surface area contributed by atoms with Gasteiger partial charge in [-0.2, -0.15) is 12.6 Å². The summed E-state index contributed by atoms with van der Waals surface area (Å²) in [4.78, 5) is 14.1. The number of carbonyl (C=O) groups is 1. The second-order valence-corrected chi connectivity index (χ2v) is 4.14. The molecule has 1 unspecified atom stereocenters. The van der Waals surface area contributed by atoms with Gasteiger partial charge in [-0.05, 0) is 0 Å². The fourth-order valence-corrected chi connectivity index (χ4v) is 1.71. The second-order valence-electron chi connectivity index (χ2n) is 3.41. The zero-order chi connectivity index (χ0) is 10.6. The van der Waals surface area contributed by atoms with Crippen molar-refractivity contribution in [3.63, 3.8) is 0 Å². The van der Waals surface area contributed by atoms with E-state index in [9.17, 15) is 4.79 Å². The fourth-order valence-electron chi connectivity index (χ4n) is 1.48. The molecule has 14 heavy (non-hydrogen) atoms. The zero-order valence-corrected chi connectivity index (χ0v) is 8.86. The molecule has 1 heterocycles. The van der Waals surface area contributed by atoms with Gasteiger partial charge in [-0.1, -0.05) is 0 Å². The number of hydrogen-bond donors (Lipinski definition) is 3. The van der Waals surface area contributed by atoms with E-state index in [1.54, 1.807) is 0 Å². The highest BCUT2D eigenvalue weighted by molar-refractivity contribution is 7.81. The first-order chi connectivity index (χ1) is 6.63. The van der Waals surface area contributed by atoms with Crippen molar-refractivity contribution in [2.75, 3.05) is 39.3 Å². The standard InChI is InChI=1S/C8H16N2O3S/c11-6-7(14)5-9-1-3-10(4-2-9)8(12)13/h7,11,14H,1-6H2,(H,12,13). The molecule has 1 saturated heterocycles. The molecule has 0 aromatic rings. The number of aliphatic hydroxyl groups excluding tert-OH is 1. The average molecular weight is 220 g/mol. The van der Waals surface area contributed by atoms with E-state index >= 15 is 0 Å². The predicted molar refractivity (Wildman–Crippen MR) is 55.9 cm³/mol. The summed E-state index contributed by atoms with van der Waals surface area (Å²) in [6.45, 7) is 3.31. The summed E-state index contributed by atoms with van der Waals surface area (Å²) < 4.78 is 0. The lowest BCUT2D eigenvalue weighted by molar-refractivity contribution is 0.103. The van der Waals surface area contributed by atoms with Crippen molar-refractivity contribution in [3.8, 4) is 0 Å². The molecule has 0 aromatic heterocycles. The van der Waals surface area contributed by atoms with Gasteiger partial charge in [0.2, 0.25) is 0 Å². The van der Waals surface area contributed by atoms with Gasteiger partial charge in [-0.15, -0.1) is 0 Å². The van der Waals surface area contributed by atoms with Crippen molar-refractivity contribution in [2.45, 2.75) is 5.25 Å². The summed E-state index contributed by atoms with van der Waals surface area (Å²) in [5.41, 5.74) is 0. The van der Waals surface area contributed by atoms with Gasteiger partial charge < -0.3 is 15.1 Å². The molecule has 1 rings (SSSR count). The number of piperazine rings is 1. The number of amides is 1. The van der Waals surface area contributed by atoms with E-state index < -0.39 is 6.09 Å². The van der Waals surface area contributed by atoms with E-state index in [4.69, 9.17) is 10.2 Å². The third-order valence-electron chi connectivity index (χ3n) is 2.32. The number of aliphatic hydroxyl groups is 1. The van der Waals surface area contributed by atoms with Crippen LogP contribution in [0.1, 0.15) is 0 Å². The van der Waals surface area contributed by atoms with Gasteiger partial charge in [0.15, 0.2) is 0 Å². The Labute approximate surface area is 88.7 Å². The van der Waals surface area contributed by atoms with Gasteiger partial charge in [-0.3, -0.25) is 4.90 Å². The maximum Gasteiger partial charge on any atom is 0.407 e. The summed E-state index contributed by atoms with van der Waals surface area (Å²) in [6.07, 6.45) is -0.853. The van der Waals surface area contributed by atoms with Gasteiger partial charge >= 0.3 is 6.09 Å². The summed E-state index contributed by atoms with van der Waals surface area (Å²) in [7, 11) is 0. The molecule has 1 fully saturated rings. The first-order valence-electron chi connectivity index (χ1n) is 4.62. The Hall–Kier alpha value is -0.460. The molecule has 6 heteroatoms. The predicted octanol–water partition coefficient (Wildman–Crippen LogP) is -0.427. The van der Waals surface area contributed by atoms with Gasteiger partial charge in [0.05, 0.1) is 6.61 Å². The van der Waals surface area contributed by atoms with Crippen molar-refractivity contribution in [1.29, 1.82) is 0 Å². The third kappa shape index (κ3) is 3.36. The zero-order valence-electron chi connectivity index (χ0n) is 7.96. The van der Waals surface area contributed by atoms with E-state index in [-0.39, 0.29) is 11.9 Å². The lowest BCUT2D eigenvalue weighted by atomic mass is 10.3. The van der Waals surface area contributed by atoms with Crippen molar-refractivity contribution < 1.29 is 15.0 Å². The largest absolute Gasteiger partial charge is 0.465 e. The highest BCUT2D eigenvalue weighted by Gasteiger charge is 2.21. The second kappa shape index (κ2) is 5.43.